The van der Waals surface area contributed by atoms with Crippen LogP contribution in [-0.4, -0.2) is 20.1 Å². The van der Waals surface area contributed by atoms with Gasteiger partial charge in [0, 0.05) is 4.98 Å². The summed E-state index contributed by atoms with van der Waals surface area (Å²) in [6.45, 7) is 0.711. The van der Waals surface area contributed by atoms with E-state index < -0.39 is 4.92 Å². The summed E-state index contributed by atoms with van der Waals surface area (Å²) in [6.07, 6.45) is 7.14. The maximum atomic E-state index is 10.5. The van der Waals surface area contributed by atoms with Crippen LogP contribution in [0.5, 0.6) is 6.01 Å². The predicted molar refractivity (Wildman–Crippen MR) is 55.3 cm³/mol. The molecular weight excluding hydrogens is 210 g/mol. The lowest BCUT2D eigenvalue weighted by atomic mass is 9.85. The Morgan fingerprint density at radius 3 is 2.81 bits per heavy atom. The first-order valence-corrected chi connectivity index (χ1v) is 5.59. The molecule has 1 spiro atoms. The Morgan fingerprint density at radius 2 is 2.19 bits per heavy atom. The molecule has 2 heterocycles. The molecule has 2 aliphatic rings. The number of imidazole rings is 1. The molecule has 86 valence electrons. The highest BCUT2D eigenvalue weighted by molar-refractivity contribution is 5.24. The monoisotopic (exact) mass is 223 g/mol. The Hall–Kier alpha value is -1.59. The summed E-state index contributed by atoms with van der Waals surface area (Å²) in [5.74, 6) is -0.124. The quantitative estimate of drug-likeness (QED) is 0.538. The van der Waals surface area contributed by atoms with Gasteiger partial charge >= 0.3 is 11.8 Å². The second-order valence-corrected chi connectivity index (χ2v) is 4.61. The number of rotatable bonds is 1. The molecule has 0 N–H and O–H groups in total. The number of hydrogen-bond acceptors (Lipinski definition) is 4. The van der Waals surface area contributed by atoms with Gasteiger partial charge in [-0.1, -0.05) is 6.42 Å². The molecule has 1 aliphatic heterocycles. The van der Waals surface area contributed by atoms with Crippen molar-refractivity contribution in [2.75, 3.05) is 0 Å². The van der Waals surface area contributed by atoms with E-state index in [0.717, 1.165) is 12.8 Å². The highest BCUT2D eigenvalue weighted by Gasteiger charge is 2.44. The fraction of sp³-hybridized carbons (Fsp3) is 0.700. The molecule has 1 saturated carbocycles. The molecule has 0 aromatic carbocycles. The Balaban J connectivity index is 1.84. The summed E-state index contributed by atoms with van der Waals surface area (Å²) in [5.41, 5.74) is -0.129. The molecule has 1 fully saturated rings. The highest BCUT2D eigenvalue weighted by atomic mass is 16.6. The van der Waals surface area contributed by atoms with Crippen LogP contribution in [0.2, 0.25) is 0 Å². The Morgan fingerprint density at radius 1 is 1.44 bits per heavy atom. The van der Waals surface area contributed by atoms with Gasteiger partial charge in [-0.2, -0.15) is 0 Å². The zero-order chi connectivity index (χ0) is 11.2. The number of aromatic nitrogens is 2. The van der Waals surface area contributed by atoms with Crippen molar-refractivity contribution in [1.82, 2.24) is 9.55 Å². The molecule has 6 heteroatoms. The van der Waals surface area contributed by atoms with Gasteiger partial charge < -0.3 is 14.9 Å². The average molecular weight is 223 g/mol. The lowest BCUT2D eigenvalue weighted by molar-refractivity contribution is -0.389. The third kappa shape index (κ3) is 1.36. The summed E-state index contributed by atoms with van der Waals surface area (Å²) in [7, 11) is 0. The average Bonchev–Trinajstić information content (AvgIpc) is 2.74. The van der Waals surface area contributed by atoms with E-state index in [0.29, 0.717) is 12.6 Å². The smallest absolute Gasteiger partial charge is 0.415 e. The zero-order valence-electron chi connectivity index (χ0n) is 8.89. The minimum atomic E-state index is -0.484. The van der Waals surface area contributed by atoms with Crippen molar-refractivity contribution >= 4 is 5.82 Å². The summed E-state index contributed by atoms with van der Waals surface area (Å²) in [6, 6.07) is 0.411. The first-order chi connectivity index (χ1) is 7.69. The summed E-state index contributed by atoms with van der Waals surface area (Å²) in [5, 5.41) is 10.5. The molecule has 3 rings (SSSR count). The molecule has 0 saturated heterocycles. The third-order valence-electron chi connectivity index (χ3n) is 3.45. The number of ether oxygens (including phenoxy) is 1. The van der Waals surface area contributed by atoms with Crippen LogP contribution in [0.15, 0.2) is 6.20 Å². The van der Waals surface area contributed by atoms with Crippen LogP contribution in [0, 0.1) is 10.1 Å². The fourth-order valence-electron chi connectivity index (χ4n) is 2.66. The first-order valence-electron chi connectivity index (χ1n) is 5.59. The Bertz CT molecular complexity index is 409. The topological polar surface area (TPSA) is 70.2 Å². The van der Waals surface area contributed by atoms with Crippen molar-refractivity contribution in [1.29, 1.82) is 0 Å². The van der Waals surface area contributed by atoms with Gasteiger partial charge in [-0.3, -0.25) is 4.57 Å². The van der Waals surface area contributed by atoms with Gasteiger partial charge in [-0.15, -0.1) is 0 Å². The lowest BCUT2D eigenvalue weighted by Crippen LogP contribution is -2.37. The van der Waals surface area contributed by atoms with Gasteiger partial charge in [-0.25, -0.2) is 0 Å². The van der Waals surface area contributed by atoms with Crippen molar-refractivity contribution in [3.05, 3.63) is 16.3 Å². The van der Waals surface area contributed by atoms with Crippen LogP contribution >= 0.6 is 0 Å². The van der Waals surface area contributed by atoms with Crippen molar-refractivity contribution in [3.8, 4) is 6.01 Å². The van der Waals surface area contributed by atoms with E-state index in [4.69, 9.17) is 4.74 Å². The van der Waals surface area contributed by atoms with E-state index in [9.17, 15) is 10.1 Å². The van der Waals surface area contributed by atoms with Gasteiger partial charge in [0.1, 0.15) is 11.8 Å². The van der Waals surface area contributed by atoms with E-state index >= 15 is 0 Å². The highest BCUT2D eigenvalue weighted by Crippen LogP contribution is 2.40. The molecule has 6 nitrogen and oxygen atoms in total. The van der Waals surface area contributed by atoms with Crippen molar-refractivity contribution in [3.63, 3.8) is 0 Å². The van der Waals surface area contributed by atoms with Gasteiger partial charge in [0.15, 0.2) is 0 Å². The molecule has 0 unspecified atom stereocenters. The van der Waals surface area contributed by atoms with E-state index in [2.05, 4.69) is 4.98 Å². The van der Waals surface area contributed by atoms with Crippen molar-refractivity contribution in [2.24, 2.45) is 0 Å². The van der Waals surface area contributed by atoms with Crippen molar-refractivity contribution < 1.29 is 9.66 Å². The summed E-state index contributed by atoms with van der Waals surface area (Å²) in [4.78, 5) is 13.9. The molecule has 0 atom stereocenters. The van der Waals surface area contributed by atoms with Crippen LogP contribution in [0.3, 0.4) is 0 Å². The van der Waals surface area contributed by atoms with E-state index in [1.807, 2.05) is 0 Å². The number of nitro groups is 1. The van der Waals surface area contributed by atoms with Gasteiger partial charge in [-0.05, 0) is 30.6 Å². The van der Waals surface area contributed by atoms with Crippen LogP contribution in [0.25, 0.3) is 0 Å². The number of fused-ring (bicyclic) bond motifs is 1. The molecule has 1 aromatic rings. The normalized spacial score (nSPS) is 21.8. The van der Waals surface area contributed by atoms with Crippen molar-refractivity contribution in [2.45, 2.75) is 44.2 Å². The summed E-state index contributed by atoms with van der Waals surface area (Å²) >= 11 is 0. The second-order valence-electron chi connectivity index (χ2n) is 4.61. The molecule has 0 radical (unpaired) electrons. The Labute approximate surface area is 92.4 Å². The van der Waals surface area contributed by atoms with Crippen LogP contribution in [0.1, 0.15) is 32.1 Å². The third-order valence-corrected chi connectivity index (χ3v) is 3.45. The van der Waals surface area contributed by atoms with Crippen LogP contribution in [0.4, 0.5) is 5.82 Å². The maximum Gasteiger partial charge on any atom is 0.415 e. The number of nitrogens with zero attached hydrogens (tertiary/aromatic N) is 3. The van der Waals surface area contributed by atoms with Gasteiger partial charge in [0.05, 0.1) is 6.54 Å². The molecule has 16 heavy (non-hydrogen) atoms. The Kier molecular flexibility index (Phi) is 1.92. The second kappa shape index (κ2) is 3.20. The number of hydrogen-bond donors (Lipinski definition) is 0. The van der Waals surface area contributed by atoms with E-state index in [1.54, 1.807) is 4.57 Å². The largest absolute Gasteiger partial charge is 0.437 e. The maximum absolute atomic E-state index is 10.5. The van der Waals surface area contributed by atoms with Crippen LogP contribution in [-0.2, 0) is 6.54 Å². The first kappa shape index (κ1) is 9.62. The molecule has 0 bridgehead atoms. The zero-order valence-corrected chi connectivity index (χ0v) is 8.89. The fourth-order valence-corrected chi connectivity index (χ4v) is 2.66. The predicted octanol–water partition coefficient (Wildman–Crippen LogP) is 1.89. The minimum Gasteiger partial charge on any atom is -0.437 e. The van der Waals surface area contributed by atoms with E-state index in [-0.39, 0.29) is 11.4 Å². The lowest BCUT2D eigenvalue weighted by Gasteiger charge is -2.30. The minimum absolute atomic E-state index is 0.124. The van der Waals surface area contributed by atoms with E-state index in [1.165, 1.54) is 25.5 Å². The van der Waals surface area contributed by atoms with Crippen LogP contribution < -0.4 is 4.74 Å². The molecule has 1 aliphatic carbocycles. The van der Waals surface area contributed by atoms with Gasteiger partial charge in [0.25, 0.3) is 0 Å². The molecule has 1 aromatic heterocycles. The van der Waals surface area contributed by atoms with Gasteiger partial charge in [0.2, 0.25) is 0 Å². The molecular formula is C10H13N3O3. The summed E-state index contributed by atoms with van der Waals surface area (Å²) < 4.78 is 7.58. The molecule has 0 amide bonds. The SMILES string of the molecule is O=[N+]([O-])c1cn2c(n1)OC1(CCCCC1)C2. The standard InChI is InChI=1S/C10H13N3O3/c14-13(15)8-6-12-7-10(16-9(12)11-8)4-2-1-3-5-10/h6H,1-5,7H2.